The minimum absolute atomic E-state index is 0.253. The Morgan fingerprint density at radius 2 is 2.00 bits per heavy atom. The van der Waals surface area contributed by atoms with Gasteiger partial charge in [0.05, 0.1) is 12.7 Å². The number of nitrogens with one attached hydrogen (secondary N) is 1. The van der Waals surface area contributed by atoms with Crippen LogP contribution in [0.5, 0.6) is 5.75 Å². The smallest absolute Gasteiger partial charge is 0.337 e. The fourth-order valence-corrected chi connectivity index (χ4v) is 3.79. The minimum Gasteiger partial charge on any atom is -0.467 e. The Balaban J connectivity index is 1.66. The van der Waals surface area contributed by atoms with Crippen molar-refractivity contribution in [1.82, 2.24) is 5.32 Å². The number of hydrogen-bond acceptors (Lipinski definition) is 5. The van der Waals surface area contributed by atoms with Crippen molar-refractivity contribution in [3.05, 3.63) is 64.7 Å². The molecular weight excluding hydrogens is 354 g/mol. The van der Waals surface area contributed by atoms with Gasteiger partial charge in [-0.2, -0.15) is 0 Å². The van der Waals surface area contributed by atoms with Crippen LogP contribution in [-0.4, -0.2) is 33.5 Å². The number of methoxy groups -OCH3 is 2. The molecule has 2 aromatic rings. The van der Waals surface area contributed by atoms with Gasteiger partial charge in [-0.05, 0) is 67.1 Å². The molecule has 5 nitrogen and oxygen atoms in total. The van der Waals surface area contributed by atoms with Gasteiger partial charge < -0.3 is 19.5 Å². The zero-order valence-corrected chi connectivity index (χ0v) is 16.7. The van der Waals surface area contributed by atoms with Gasteiger partial charge in [-0.3, -0.25) is 0 Å². The molecule has 2 aromatic carbocycles. The van der Waals surface area contributed by atoms with E-state index in [0.29, 0.717) is 11.6 Å². The van der Waals surface area contributed by atoms with Crippen LogP contribution in [0.1, 0.15) is 52.4 Å². The first kappa shape index (κ1) is 20.4. The molecular formula is C23H29NO4. The number of carbonyl (C=O) groups excluding carboxylic acids is 1. The average Bonchev–Trinajstić information content (AvgIpc) is 2.94. The van der Waals surface area contributed by atoms with E-state index in [1.807, 2.05) is 30.3 Å². The Morgan fingerprint density at radius 3 is 2.82 bits per heavy atom. The predicted octanol–water partition coefficient (Wildman–Crippen LogP) is 4.06. The van der Waals surface area contributed by atoms with E-state index in [1.54, 1.807) is 7.11 Å². The minimum atomic E-state index is -0.274. The Bertz CT molecular complexity index is 790. The molecule has 0 saturated carbocycles. The number of fused-ring (bicyclic) bond motifs is 1. The molecule has 0 bridgehead atoms. The monoisotopic (exact) mass is 383 g/mol. The van der Waals surface area contributed by atoms with Crippen LogP contribution in [-0.2, 0) is 22.3 Å². The van der Waals surface area contributed by atoms with E-state index in [4.69, 9.17) is 14.2 Å². The fraction of sp³-hybridized carbons (Fsp3) is 0.435. The molecule has 1 atom stereocenters. The van der Waals surface area contributed by atoms with E-state index in [-0.39, 0.29) is 12.8 Å². The van der Waals surface area contributed by atoms with Gasteiger partial charge in [-0.1, -0.05) is 30.7 Å². The molecule has 0 heterocycles. The van der Waals surface area contributed by atoms with Crippen LogP contribution in [0.3, 0.4) is 0 Å². The summed E-state index contributed by atoms with van der Waals surface area (Å²) in [5.74, 6) is 0.597. The predicted molar refractivity (Wildman–Crippen MR) is 109 cm³/mol. The van der Waals surface area contributed by atoms with E-state index in [1.165, 1.54) is 30.2 Å². The number of rotatable bonds is 8. The summed E-state index contributed by atoms with van der Waals surface area (Å²) >= 11 is 0. The van der Waals surface area contributed by atoms with Crippen LogP contribution in [0, 0.1) is 0 Å². The van der Waals surface area contributed by atoms with Gasteiger partial charge in [0.2, 0.25) is 0 Å². The van der Waals surface area contributed by atoms with E-state index < -0.39 is 0 Å². The third-order valence-electron chi connectivity index (χ3n) is 5.22. The lowest BCUT2D eigenvalue weighted by molar-refractivity contribution is 0.0504. The molecule has 0 spiro atoms. The van der Waals surface area contributed by atoms with Gasteiger partial charge >= 0.3 is 5.97 Å². The first-order valence-corrected chi connectivity index (χ1v) is 9.87. The Kier molecular flexibility index (Phi) is 7.46. The fourth-order valence-electron chi connectivity index (χ4n) is 3.79. The molecule has 1 N–H and O–H groups in total. The van der Waals surface area contributed by atoms with Crippen molar-refractivity contribution in [3.63, 3.8) is 0 Å². The van der Waals surface area contributed by atoms with Crippen molar-refractivity contribution in [1.29, 1.82) is 0 Å². The topological polar surface area (TPSA) is 56.8 Å². The summed E-state index contributed by atoms with van der Waals surface area (Å²) in [6.07, 6.45) is 5.31. The Labute approximate surface area is 167 Å². The standard InChI is InChI=1S/C23H29NO4/c1-26-16-28-22-10-6-4-7-17(22)13-14-24-21-9-5-3-8-18-15-19(23(25)27-2)11-12-20(18)21/h4,6-7,10-12,15,21,24H,3,5,8-9,13-14,16H2,1-2H3. The lowest BCUT2D eigenvalue weighted by atomic mass is 9.96. The van der Waals surface area contributed by atoms with Gasteiger partial charge in [0.25, 0.3) is 0 Å². The summed E-state index contributed by atoms with van der Waals surface area (Å²) in [4.78, 5) is 11.8. The molecule has 5 heteroatoms. The highest BCUT2D eigenvalue weighted by molar-refractivity contribution is 5.89. The van der Waals surface area contributed by atoms with E-state index in [2.05, 4.69) is 17.4 Å². The van der Waals surface area contributed by atoms with Crippen LogP contribution in [0.2, 0.25) is 0 Å². The maximum absolute atomic E-state index is 11.8. The van der Waals surface area contributed by atoms with Crippen LogP contribution in [0.15, 0.2) is 42.5 Å². The van der Waals surface area contributed by atoms with Gasteiger partial charge in [0.15, 0.2) is 6.79 Å². The van der Waals surface area contributed by atoms with Crippen LogP contribution < -0.4 is 10.1 Å². The summed E-state index contributed by atoms with van der Waals surface area (Å²) in [6, 6.07) is 14.3. The third kappa shape index (κ3) is 5.12. The molecule has 1 aliphatic carbocycles. The number of carbonyl (C=O) groups is 1. The van der Waals surface area contributed by atoms with Crippen molar-refractivity contribution in [2.24, 2.45) is 0 Å². The maximum atomic E-state index is 11.8. The summed E-state index contributed by atoms with van der Waals surface area (Å²) in [7, 11) is 3.05. The van der Waals surface area contributed by atoms with Gasteiger partial charge in [-0.25, -0.2) is 4.79 Å². The molecule has 0 aromatic heterocycles. The SMILES string of the molecule is COCOc1ccccc1CCNC1CCCCc2cc(C(=O)OC)ccc21. The first-order valence-electron chi connectivity index (χ1n) is 9.87. The second-order valence-electron chi connectivity index (χ2n) is 7.07. The van der Waals surface area contributed by atoms with Crippen molar-refractivity contribution in [2.75, 3.05) is 27.6 Å². The Hall–Kier alpha value is -2.37. The zero-order valence-electron chi connectivity index (χ0n) is 16.7. The number of hydrogen-bond donors (Lipinski definition) is 1. The number of benzene rings is 2. The van der Waals surface area contributed by atoms with Crippen molar-refractivity contribution >= 4 is 5.97 Å². The summed E-state index contributed by atoms with van der Waals surface area (Å²) < 4.78 is 15.5. The second-order valence-corrected chi connectivity index (χ2v) is 7.07. The van der Waals surface area contributed by atoms with Crippen LogP contribution in [0.25, 0.3) is 0 Å². The highest BCUT2D eigenvalue weighted by Crippen LogP contribution is 2.30. The first-order chi connectivity index (χ1) is 13.7. The number of aryl methyl sites for hydroxylation is 1. The third-order valence-corrected chi connectivity index (χ3v) is 5.22. The number of esters is 1. The van der Waals surface area contributed by atoms with Crippen molar-refractivity contribution < 1.29 is 19.0 Å². The lowest BCUT2D eigenvalue weighted by Crippen LogP contribution is -2.24. The maximum Gasteiger partial charge on any atom is 0.337 e. The molecule has 0 amide bonds. The van der Waals surface area contributed by atoms with E-state index >= 15 is 0 Å². The number of ether oxygens (including phenoxy) is 3. The molecule has 0 aliphatic heterocycles. The second kappa shape index (κ2) is 10.2. The van der Waals surface area contributed by atoms with E-state index in [9.17, 15) is 4.79 Å². The highest BCUT2D eigenvalue weighted by Gasteiger charge is 2.20. The van der Waals surface area contributed by atoms with Gasteiger partial charge in [0, 0.05) is 13.2 Å². The van der Waals surface area contributed by atoms with E-state index in [0.717, 1.165) is 38.0 Å². The molecule has 0 saturated heterocycles. The molecule has 28 heavy (non-hydrogen) atoms. The largest absolute Gasteiger partial charge is 0.467 e. The quantitative estimate of drug-likeness (QED) is 0.423. The lowest BCUT2D eigenvalue weighted by Gasteiger charge is -2.20. The van der Waals surface area contributed by atoms with Crippen molar-refractivity contribution in [2.45, 2.75) is 38.1 Å². The molecule has 1 aliphatic rings. The van der Waals surface area contributed by atoms with Gasteiger partial charge in [-0.15, -0.1) is 0 Å². The van der Waals surface area contributed by atoms with Gasteiger partial charge in [0.1, 0.15) is 5.75 Å². The number of para-hydroxylation sites is 1. The molecule has 0 radical (unpaired) electrons. The Morgan fingerprint density at radius 1 is 1.14 bits per heavy atom. The molecule has 0 fully saturated rings. The van der Waals surface area contributed by atoms with Crippen molar-refractivity contribution in [3.8, 4) is 5.75 Å². The molecule has 1 unspecified atom stereocenters. The zero-order chi connectivity index (χ0) is 19.8. The highest BCUT2D eigenvalue weighted by atomic mass is 16.7. The average molecular weight is 383 g/mol. The molecule has 3 rings (SSSR count). The van der Waals surface area contributed by atoms with Crippen LogP contribution in [0.4, 0.5) is 0 Å². The normalized spacial score (nSPS) is 16.1. The summed E-state index contributed by atoms with van der Waals surface area (Å²) in [6.45, 7) is 1.11. The molecule has 150 valence electrons. The summed E-state index contributed by atoms with van der Waals surface area (Å²) in [5.41, 5.74) is 4.35. The van der Waals surface area contributed by atoms with Crippen LogP contribution >= 0.6 is 0 Å². The summed E-state index contributed by atoms with van der Waals surface area (Å²) in [5, 5.41) is 3.71.